The third-order valence-corrected chi connectivity index (χ3v) is 2.79. The lowest BCUT2D eigenvalue weighted by Crippen LogP contribution is -2.35. The molecule has 0 aliphatic rings. The molecule has 5 heteroatoms. The van der Waals surface area contributed by atoms with Crippen LogP contribution in [0, 0.1) is 6.92 Å². The van der Waals surface area contributed by atoms with Gasteiger partial charge in [0.2, 0.25) is 5.91 Å². The number of carbonyl (C=O) groups excluding carboxylic acids is 1. The Morgan fingerprint density at radius 3 is 2.50 bits per heavy atom. The first-order valence-corrected chi connectivity index (χ1v) is 6.46. The Labute approximate surface area is 109 Å². The topological polar surface area (TPSA) is 58.1 Å². The van der Waals surface area contributed by atoms with Gasteiger partial charge in [-0.2, -0.15) is 0 Å². The minimum absolute atomic E-state index is 0.0920. The van der Waals surface area contributed by atoms with E-state index in [2.05, 4.69) is 15.3 Å². The van der Waals surface area contributed by atoms with Crippen molar-refractivity contribution in [3.05, 3.63) is 17.6 Å². The Hall–Kier alpha value is -1.65. The average Bonchev–Trinajstić information content (AvgIpc) is 2.37. The SMILES string of the molecule is CCc1cc(NCC(=O)N(CC)CC)nc(C)n1. The minimum Gasteiger partial charge on any atom is -0.361 e. The highest BCUT2D eigenvalue weighted by Gasteiger charge is 2.09. The molecule has 1 aromatic heterocycles. The number of carbonyl (C=O) groups is 1. The summed E-state index contributed by atoms with van der Waals surface area (Å²) in [5.74, 6) is 1.54. The molecule has 0 fully saturated rings. The molecule has 0 aliphatic heterocycles. The standard InChI is InChI=1S/C13H22N4O/c1-5-11-8-12(16-10(4)15-11)14-9-13(18)17(6-2)7-3/h8H,5-7,9H2,1-4H3,(H,14,15,16). The molecule has 100 valence electrons. The van der Waals surface area contributed by atoms with E-state index < -0.39 is 0 Å². The van der Waals surface area contributed by atoms with Gasteiger partial charge in [-0.05, 0) is 27.2 Å². The van der Waals surface area contributed by atoms with Crippen molar-refractivity contribution in [1.29, 1.82) is 0 Å². The van der Waals surface area contributed by atoms with Crippen LogP contribution in [0.25, 0.3) is 0 Å². The van der Waals surface area contributed by atoms with Gasteiger partial charge in [0, 0.05) is 24.8 Å². The summed E-state index contributed by atoms with van der Waals surface area (Å²) in [5.41, 5.74) is 0.986. The van der Waals surface area contributed by atoms with Crippen LogP contribution < -0.4 is 5.32 Å². The van der Waals surface area contributed by atoms with Crippen molar-refractivity contribution in [3.63, 3.8) is 0 Å². The van der Waals surface area contributed by atoms with Gasteiger partial charge in [0.05, 0.1) is 6.54 Å². The fraction of sp³-hybridized carbons (Fsp3) is 0.615. The Kier molecular flexibility index (Phi) is 5.55. The first-order chi connectivity index (χ1) is 8.60. The summed E-state index contributed by atoms with van der Waals surface area (Å²) in [5, 5.41) is 3.07. The van der Waals surface area contributed by atoms with E-state index in [4.69, 9.17) is 0 Å². The molecule has 0 spiro atoms. The third kappa shape index (κ3) is 3.98. The molecular formula is C13H22N4O. The number of aromatic nitrogens is 2. The van der Waals surface area contributed by atoms with Gasteiger partial charge in [-0.15, -0.1) is 0 Å². The van der Waals surface area contributed by atoms with Gasteiger partial charge < -0.3 is 10.2 Å². The summed E-state index contributed by atoms with van der Waals surface area (Å²) < 4.78 is 0. The summed E-state index contributed by atoms with van der Waals surface area (Å²) in [6.07, 6.45) is 0.863. The van der Waals surface area contributed by atoms with Gasteiger partial charge in [-0.3, -0.25) is 4.79 Å². The van der Waals surface area contributed by atoms with Crippen molar-refractivity contribution in [1.82, 2.24) is 14.9 Å². The van der Waals surface area contributed by atoms with Crippen LogP contribution in [-0.4, -0.2) is 40.4 Å². The molecule has 1 N–H and O–H groups in total. The molecule has 1 heterocycles. The largest absolute Gasteiger partial charge is 0.361 e. The molecule has 0 radical (unpaired) electrons. The Morgan fingerprint density at radius 2 is 1.94 bits per heavy atom. The maximum Gasteiger partial charge on any atom is 0.241 e. The predicted octanol–water partition coefficient (Wildman–Crippen LogP) is 1.63. The number of aryl methyl sites for hydroxylation is 2. The predicted molar refractivity (Wildman–Crippen MR) is 72.6 cm³/mol. The summed E-state index contributed by atoms with van der Waals surface area (Å²) in [4.78, 5) is 22.2. The molecule has 5 nitrogen and oxygen atoms in total. The maximum atomic E-state index is 11.8. The minimum atomic E-state index is 0.0920. The van der Waals surface area contributed by atoms with E-state index in [1.54, 1.807) is 4.90 Å². The molecular weight excluding hydrogens is 228 g/mol. The zero-order valence-electron chi connectivity index (χ0n) is 11.7. The summed E-state index contributed by atoms with van der Waals surface area (Å²) in [6.45, 7) is 9.61. The molecule has 18 heavy (non-hydrogen) atoms. The zero-order chi connectivity index (χ0) is 13.5. The van der Waals surface area contributed by atoms with Crippen molar-refractivity contribution in [3.8, 4) is 0 Å². The second kappa shape index (κ2) is 6.93. The molecule has 0 saturated carbocycles. The van der Waals surface area contributed by atoms with Crippen LogP contribution in [0.3, 0.4) is 0 Å². The van der Waals surface area contributed by atoms with E-state index in [1.165, 1.54) is 0 Å². The van der Waals surface area contributed by atoms with E-state index in [-0.39, 0.29) is 12.5 Å². The summed E-state index contributed by atoms with van der Waals surface area (Å²) in [6, 6.07) is 1.89. The molecule has 1 aromatic rings. The monoisotopic (exact) mass is 250 g/mol. The number of amides is 1. The molecule has 0 saturated heterocycles. The van der Waals surface area contributed by atoms with Crippen molar-refractivity contribution >= 4 is 11.7 Å². The van der Waals surface area contributed by atoms with Crippen molar-refractivity contribution in [2.45, 2.75) is 34.1 Å². The number of likely N-dealkylation sites (N-methyl/N-ethyl adjacent to an activating group) is 1. The Bertz CT molecular complexity index is 402. The molecule has 0 aliphatic carbocycles. The molecule has 0 atom stereocenters. The zero-order valence-corrected chi connectivity index (χ0v) is 11.7. The lowest BCUT2D eigenvalue weighted by molar-refractivity contribution is -0.128. The van der Waals surface area contributed by atoms with E-state index in [9.17, 15) is 4.79 Å². The van der Waals surface area contributed by atoms with Crippen LogP contribution in [0.1, 0.15) is 32.3 Å². The lowest BCUT2D eigenvalue weighted by Gasteiger charge is -2.19. The fourth-order valence-electron chi connectivity index (χ4n) is 1.76. The van der Waals surface area contributed by atoms with Gasteiger partial charge in [0.1, 0.15) is 11.6 Å². The molecule has 0 unspecified atom stereocenters. The summed E-state index contributed by atoms with van der Waals surface area (Å²) >= 11 is 0. The van der Waals surface area contributed by atoms with Crippen molar-refractivity contribution in [2.75, 3.05) is 25.0 Å². The lowest BCUT2D eigenvalue weighted by atomic mass is 10.3. The van der Waals surface area contributed by atoms with Gasteiger partial charge in [-0.1, -0.05) is 6.92 Å². The Balaban J connectivity index is 2.63. The van der Waals surface area contributed by atoms with Crippen LogP contribution in [0.4, 0.5) is 5.82 Å². The number of anilines is 1. The Morgan fingerprint density at radius 1 is 1.28 bits per heavy atom. The number of rotatable bonds is 6. The van der Waals surface area contributed by atoms with Gasteiger partial charge in [0.25, 0.3) is 0 Å². The quantitative estimate of drug-likeness (QED) is 0.833. The third-order valence-electron chi connectivity index (χ3n) is 2.79. The van der Waals surface area contributed by atoms with E-state index in [1.807, 2.05) is 33.8 Å². The van der Waals surface area contributed by atoms with Gasteiger partial charge in [-0.25, -0.2) is 9.97 Å². The first-order valence-electron chi connectivity index (χ1n) is 6.46. The van der Waals surface area contributed by atoms with Gasteiger partial charge >= 0.3 is 0 Å². The molecule has 0 aromatic carbocycles. The van der Waals surface area contributed by atoms with Crippen molar-refractivity contribution < 1.29 is 4.79 Å². The normalized spacial score (nSPS) is 10.2. The second-order valence-corrected chi connectivity index (χ2v) is 4.06. The molecule has 0 bridgehead atoms. The highest BCUT2D eigenvalue weighted by molar-refractivity contribution is 5.80. The summed E-state index contributed by atoms with van der Waals surface area (Å²) in [7, 11) is 0. The fourth-order valence-corrected chi connectivity index (χ4v) is 1.76. The highest BCUT2D eigenvalue weighted by Crippen LogP contribution is 2.07. The number of hydrogen-bond acceptors (Lipinski definition) is 4. The van der Waals surface area contributed by atoms with Crippen LogP contribution >= 0.6 is 0 Å². The first kappa shape index (κ1) is 14.4. The molecule has 1 amide bonds. The van der Waals surface area contributed by atoms with E-state index in [0.29, 0.717) is 0 Å². The average molecular weight is 250 g/mol. The van der Waals surface area contributed by atoms with Crippen LogP contribution in [0.15, 0.2) is 6.07 Å². The molecule has 1 rings (SSSR count). The number of nitrogens with one attached hydrogen (secondary N) is 1. The van der Waals surface area contributed by atoms with Crippen LogP contribution in [0.5, 0.6) is 0 Å². The number of hydrogen-bond donors (Lipinski definition) is 1. The second-order valence-electron chi connectivity index (χ2n) is 4.06. The van der Waals surface area contributed by atoms with Crippen LogP contribution in [0.2, 0.25) is 0 Å². The number of nitrogens with zero attached hydrogens (tertiary/aromatic N) is 3. The van der Waals surface area contributed by atoms with Gasteiger partial charge in [0.15, 0.2) is 0 Å². The smallest absolute Gasteiger partial charge is 0.241 e. The van der Waals surface area contributed by atoms with E-state index >= 15 is 0 Å². The van der Waals surface area contributed by atoms with Crippen LogP contribution in [-0.2, 0) is 11.2 Å². The highest BCUT2D eigenvalue weighted by atomic mass is 16.2. The van der Waals surface area contributed by atoms with E-state index in [0.717, 1.165) is 36.8 Å². The van der Waals surface area contributed by atoms with Crippen molar-refractivity contribution in [2.24, 2.45) is 0 Å². The maximum absolute atomic E-state index is 11.8.